The first-order valence-electron chi connectivity index (χ1n) is 6.44. The van der Waals surface area contributed by atoms with Crippen molar-refractivity contribution < 1.29 is 9.53 Å². The van der Waals surface area contributed by atoms with E-state index in [1.54, 1.807) is 25.3 Å². The molecule has 0 heterocycles. The van der Waals surface area contributed by atoms with Crippen molar-refractivity contribution in [2.24, 2.45) is 0 Å². The van der Waals surface area contributed by atoms with Crippen LogP contribution in [0.5, 0.6) is 5.75 Å². The second kappa shape index (κ2) is 6.18. The van der Waals surface area contributed by atoms with Gasteiger partial charge in [0.2, 0.25) is 0 Å². The van der Waals surface area contributed by atoms with E-state index in [-0.39, 0.29) is 5.91 Å². The Morgan fingerprint density at radius 1 is 1.24 bits per heavy atom. The van der Waals surface area contributed by atoms with Gasteiger partial charge in [-0.3, -0.25) is 4.79 Å². The van der Waals surface area contributed by atoms with Gasteiger partial charge in [-0.2, -0.15) is 0 Å². The fourth-order valence-corrected chi connectivity index (χ4v) is 2.71. The summed E-state index contributed by atoms with van der Waals surface area (Å²) in [5.74, 6) is 0.467. The molecule has 0 fully saturated rings. The third-order valence-electron chi connectivity index (χ3n) is 3.16. The molecule has 0 saturated heterocycles. The molecular formula is C16H17BrN2O2. The molecule has 0 aliphatic heterocycles. The summed E-state index contributed by atoms with van der Waals surface area (Å²) in [6.07, 6.45) is 0. The van der Waals surface area contributed by atoms with Crippen LogP contribution in [0.2, 0.25) is 0 Å². The Balaban J connectivity index is 2.28. The van der Waals surface area contributed by atoms with Crippen molar-refractivity contribution in [3.8, 4) is 5.75 Å². The standard InChI is InChI=1S/C16H17BrN2O2/c1-9-6-10(2)15(13(18)7-9)19-16(20)11-4-5-14(21-3)12(17)8-11/h4-8H,18H2,1-3H3,(H,19,20). The number of nitrogens with one attached hydrogen (secondary N) is 1. The number of hydrogen-bond donors (Lipinski definition) is 2. The molecule has 0 atom stereocenters. The van der Waals surface area contributed by atoms with E-state index in [1.807, 2.05) is 26.0 Å². The van der Waals surface area contributed by atoms with E-state index in [4.69, 9.17) is 10.5 Å². The van der Waals surface area contributed by atoms with Gasteiger partial charge < -0.3 is 15.8 Å². The van der Waals surface area contributed by atoms with Gasteiger partial charge in [0.15, 0.2) is 0 Å². The Hall–Kier alpha value is -2.01. The number of benzene rings is 2. The quantitative estimate of drug-likeness (QED) is 0.826. The van der Waals surface area contributed by atoms with Gasteiger partial charge in [0.05, 0.1) is 23.0 Å². The van der Waals surface area contributed by atoms with Crippen LogP contribution in [-0.2, 0) is 0 Å². The molecule has 1 amide bonds. The maximum Gasteiger partial charge on any atom is 0.255 e. The number of methoxy groups -OCH3 is 1. The molecule has 3 N–H and O–H groups in total. The minimum Gasteiger partial charge on any atom is -0.496 e. The zero-order valence-electron chi connectivity index (χ0n) is 12.2. The van der Waals surface area contributed by atoms with Gasteiger partial charge in [-0.05, 0) is 65.2 Å². The lowest BCUT2D eigenvalue weighted by atomic mass is 10.1. The second-order valence-corrected chi connectivity index (χ2v) is 5.70. The Kier molecular flexibility index (Phi) is 4.53. The number of anilines is 2. The fraction of sp³-hybridized carbons (Fsp3) is 0.188. The van der Waals surface area contributed by atoms with Crippen LogP contribution < -0.4 is 15.8 Å². The average Bonchev–Trinajstić information content (AvgIpc) is 2.42. The first-order chi connectivity index (χ1) is 9.92. The summed E-state index contributed by atoms with van der Waals surface area (Å²) in [7, 11) is 1.58. The number of carbonyl (C=O) groups is 1. The number of hydrogen-bond acceptors (Lipinski definition) is 3. The second-order valence-electron chi connectivity index (χ2n) is 4.85. The van der Waals surface area contributed by atoms with Crippen LogP contribution in [0.1, 0.15) is 21.5 Å². The molecule has 2 rings (SSSR count). The molecule has 0 unspecified atom stereocenters. The van der Waals surface area contributed by atoms with Crippen molar-refractivity contribution in [1.82, 2.24) is 0 Å². The highest BCUT2D eigenvalue weighted by Crippen LogP contribution is 2.28. The predicted octanol–water partition coefficient (Wildman–Crippen LogP) is 3.91. The molecule has 5 heteroatoms. The Bertz CT molecular complexity index is 676. The Morgan fingerprint density at radius 3 is 2.52 bits per heavy atom. The summed E-state index contributed by atoms with van der Waals surface area (Å²) in [6, 6.07) is 8.99. The van der Waals surface area contributed by atoms with Crippen LogP contribution in [0.3, 0.4) is 0 Å². The van der Waals surface area contributed by atoms with Crippen molar-refractivity contribution in [3.05, 3.63) is 51.5 Å². The number of rotatable bonds is 3. The lowest BCUT2D eigenvalue weighted by Crippen LogP contribution is -2.14. The van der Waals surface area contributed by atoms with Crippen LogP contribution in [0.4, 0.5) is 11.4 Å². The van der Waals surface area contributed by atoms with Crippen molar-refractivity contribution in [1.29, 1.82) is 0 Å². The molecule has 0 aliphatic carbocycles. The first kappa shape index (κ1) is 15.4. The highest BCUT2D eigenvalue weighted by molar-refractivity contribution is 9.10. The van der Waals surface area contributed by atoms with Gasteiger partial charge in [0.25, 0.3) is 5.91 Å². The maximum atomic E-state index is 12.3. The minimum atomic E-state index is -0.211. The summed E-state index contributed by atoms with van der Waals surface area (Å²) in [4.78, 5) is 12.3. The zero-order valence-corrected chi connectivity index (χ0v) is 13.7. The predicted molar refractivity (Wildman–Crippen MR) is 89.0 cm³/mol. The molecule has 2 aromatic rings. The monoisotopic (exact) mass is 348 g/mol. The summed E-state index contributed by atoms with van der Waals surface area (Å²) >= 11 is 3.37. The highest BCUT2D eigenvalue weighted by atomic mass is 79.9. The molecule has 0 radical (unpaired) electrons. The van der Waals surface area contributed by atoms with E-state index in [2.05, 4.69) is 21.2 Å². The number of halogens is 1. The number of ether oxygens (including phenoxy) is 1. The van der Waals surface area contributed by atoms with E-state index in [0.29, 0.717) is 22.7 Å². The fourth-order valence-electron chi connectivity index (χ4n) is 2.16. The van der Waals surface area contributed by atoms with Crippen LogP contribution >= 0.6 is 15.9 Å². The number of nitrogen functional groups attached to an aromatic ring is 1. The largest absolute Gasteiger partial charge is 0.496 e. The topological polar surface area (TPSA) is 64.3 Å². The van der Waals surface area contributed by atoms with E-state index in [9.17, 15) is 4.79 Å². The molecule has 0 aliphatic rings. The molecule has 2 aromatic carbocycles. The third-order valence-corrected chi connectivity index (χ3v) is 3.78. The molecule has 110 valence electrons. The van der Waals surface area contributed by atoms with Gasteiger partial charge in [0, 0.05) is 5.56 Å². The van der Waals surface area contributed by atoms with Crippen LogP contribution in [0, 0.1) is 13.8 Å². The van der Waals surface area contributed by atoms with E-state index in [1.165, 1.54) is 0 Å². The van der Waals surface area contributed by atoms with Crippen molar-refractivity contribution >= 4 is 33.2 Å². The normalized spacial score (nSPS) is 10.3. The van der Waals surface area contributed by atoms with Gasteiger partial charge in [-0.25, -0.2) is 0 Å². The van der Waals surface area contributed by atoms with Gasteiger partial charge in [-0.1, -0.05) is 6.07 Å². The van der Waals surface area contributed by atoms with E-state index >= 15 is 0 Å². The van der Waals surface area contributed by atoms with E-state index in [0.717, 1.165) is 15.6 Å². The lowest BCUT2D eigenvalue weighted by molar-refractivity contribution is 0.102. The summed E-state index contributed by atoms with van der Waals surface area (Å²) in [5.41, 5.74) is 9.73. The number of amides is 1. The average molecular weight is 349 g/mol. The van der Waals surface area contributed by atoms with Gasteiger partial charge in [-0.15, -0.1) is 0 Å². The maximum absolute atomic E-state index is 12.3. The lowest BCUT2D eigenvalue weighted by Gasteiger charge is -2.13. The van der Waals surface area contributed by atoms with Crippen molar-refractivity contribution in [3.63, 3.8) is 0 Å². The van der Waals surface area contributed by atoms with E-state index < -0.39 is 0 Å². The highest BCUT2D eigenvalue weighted by Gasteiger charge is 2.12. The summed E-state index contributed by atoms with van der Waals surface area (Å²) < 4.78 is 5.88. The molecular weight excluding hydrogens is 332 g/mol. The molecule has 0 spiro atoms. The Labute approximate surface area is 132 Å². The smallest absolute Gasteiger partial charge is 0.255 e. The third kappa shape index (κ3) is 3.36. The van der Waals surface area contributed by atoms with Crippen LogP contribution in [0.25, 0.3) is 0 Å². The van der Waals surface area contributed by atoms with Crippen molar-refractivity contribution in [2.45, 2.75) is 13.8 Å². The number of nitrogens with two attached hydrogens (primary N) is 1. The SMILES string of the molecule is COc1ccc(C(=O)Nc2c(C)cc(C)cc2N)cc1Br. The van der Waals surface area contributed by atoms with Crippen LogP contribution in [-0.4, -0.2) is 13.0 Å². The minimum absolute atomic E-state index is 0.211. The van der Waals surface area contributed by atoms with Gasteiger partial charge in [0.1, 0.15) is 5.75 Å². The molecule has 4 nitrogen and oxygen atoms in total. The van der Waals surface area contributed by atoms with Crippen molar-refractivity contribution in [2.75, 3.05) is 18.2 Å². The number of carbonyl (C=O) groups excluding carboxylic acids is 1. The Morgan fingerprint density at radius 2 is 1.95 bits per heavy atom. The van der Waals surface area contributed by atoms with Crippen LogP contribution in [0.15, 0.2) is 34.8 Å². The van der Waals surface area contributed by atoms with Gasteiger partial charge >= 0.3 is 0 Å². The summed E-state index contributed by atoms with van der Waals surface area (Å²) in [5, 5.41) is 2.86. The molecule has 0 aromatic heterocycles. The zero-order chi connectivity index (χ0) is 15.6. The molecule has 21 heavy (non-hydrogen) atoms. The molecule has 0 bridgehead atoms. The number of aryl methyl sites for hydroxylation is 2. The first-order valence-corrected chi connectivity index (χ1v) is 7.23. The molecule has 0 saturated carbocycles. The summed E-state index contributed by atoms with van der Waals surface area (Å²) in [6.45, 7) is 3.89.